The maximum absolute atomic E-state index is 5.76. The molecule has 0 fully saturated rings. The van der Waals surface area contributed by atoms with Gasteiger partial charge in [-0.3, -0.25) is 0 Å². The summed E-state index contributed by atoms with van der Waals surface area (Å²) in [5.41, 5.74) is 2.40. The average Bonchev–Trinajstić information content (AvgIpc) is 2.39. The van der Waals surface area contributed by atoms with Crippen molar-refractivity contribution in [3.8, 4) is 11.5 Å². The Bertz CT molecular complexity index is 436. The Morgan fingerprint density at radius 3 is 2.50 bits per heavy atom. The van der Waals surface area contributed by atoms with Crippen LogP contribution in [-0.4, -0.2) is 13.7 Å². The zero-order chi connectivity index (χ0) is 13.7. The summed E-state index contributed by atoms with van der Waals surface area (Å²) >= 11 is 3.47. The van der Waals surface area contributed by atoms with E-state index in [1.807, 2.05) is 19.9 Å². The number of rotatable bonds is 2. The van der Waals surface area contributed by atoms with Crippen molar-refractivity contribution < 1.29 is 9.47 Å². The van der Waals surface area contributed by atoms with Crippen molar-refractivity contribution in [2.75, 3.05) is 13.7 Å². The molecule has 0 amide bonds. The minimum absolute atomic E-state index is 0.512. The topological polar surface area (TPSA) is 18.5 Å². The van der Waals surface area contributed by atoms with Gasteiger partial charge >= 0.3 is 0 Å². The molecule has 3 heteroatoms. The van der Waals surface area contributed by atoms with Crippen LogP contribution in [0.4, 0.5) is 0 Å². The van der Waals surface area contributed by atoms with Gasteiger partial charge in [-0.2, -0.15) is 0 Å². The molecule has 1 aromatic carbocycles. The number of hydrogen-bond acceptors (Lipinski definition) is 2. The molecule has 2 nitrogen and oxygen atoms in total. The molecule has 0 saturated heterocycles. The summed E-state index contributed by atoms with van der Waals surface area (Å²) < 4.78 is 12.1. The van der Waals surface area contributed by atoms with Gasteiger partial charge in [0.25, 0.3) is 0 Å². The highest BCUT2D eigenvalue weighted by Crippen LogP contribution is 2.39. The molecule has 2 rings (SSSR count). The number of fused-ring (bicyclic) bond motifs is 1. The molecule has 18 heavy (non-hydrogen) atoms. The molecule has 0 aliphatic carbocycles. The van der Waals surface area contributed by atoms with Crippen LogP contribution in [-0.2, 0) is 0 Å². The lowest BCUT2D eigenvalue weighted by atomic mass is 9.98. The Morgan fingerprint density at radius 1 is 1.28 bits per heavy atom. The van der Waals surface area contributed by atoms with Crippen LogP contribution in [0.1, 0.15) is 33.3 Å². The van der Waals surface area contributed by atoms with Gasteiger partial charge in [0.05, 0.1) is 7.11 Å². The van der Waals surface area contributed by atoms with Crippen LogP contribution < -0.4 is 9.47 Å². The molecule has 1 aliphatic heterocycles. The van der Waals surface area contributed by atoms with Crippen LogP contribution in [0, 0.1) is 5.92 Å². The zero-order valence-corrected chi connectivity index (χ0v) is 13.3. The molecule has 0 unspecified atom stereocenters. The van der Waals surface area contributed by atoms with E-state index in [0.29, 0.717) is 12.5 Å². The minimum Gasteiger partial charge on any atom is -0.493 e. The molecule has 0 atom stereocenters. The highest BCUT2D eigenvalue weighted by molar-refractivity contribution is 9.10. The lowest BCUT2D eigenvalue weighted by Crippen LogP contribution is -2.12. The number of ether oxygens (including phenoxy) is 2. The molecule has 1 aromatic rings. The van der Waals surface area contributed by atoms with Crippen molar-refractivity contribution in [1.29, 1.82) is 0 Å². The largest absolute Gasteiger partial charge is 0.493 e. The third kappa shape index (κ3) is 3.29. The van der Waals surface area contributed by atoms with E-state index in [4.69, 9.17) is 9.47 Å². The number of hydrogen-bond donors (Lipinski definition) is 0. The van der Waals surface area contributed by atoms with Crippen LogP contribution in [0.15, 0.2) is 22.2 Å². The molecule has 1 aliphatic rings. The van der Waals surface area contributed by atoms with Gasteiger partial charge in [0.2, 0.25) is 0 Å². The Hall–Kier alpha value is -0.960. The van der Waals surface area contributed by atoms with E-state index < -0.39 is 0 Å². The van der Waals surface area contributed by atoms with E-state index in [1.54, 1.807) is 7.11 Å². The Balaban J connectivity index is 0.000000771. The highest BCUT2D eigenvalue weighted by atomic mass is 79.9. The molecule has 100 valence electrons. The van der Waals surface area contributed by atoms with Crippen molar-refractivity contribution in [3.63, 3.8) is 0 Å². The molecule has 0 bridgehead atoms. The zero-order valence-electron chi connectivity index (χ0n) is 11.7. The third-order valence-electron chi connectivity index (χ3n) is 2.73. The Labute approximate surface area is 118 Å². The monoisotopic (exact) mass is 312 g/mol. The van der Waals surface area contributed by atoms with Crippen molar-refractivity contribution in [3.05, 3.63) is 27.7 Å². The fourth-order valence-electron chi connectivity index (χ4n) is 1.73. The van der Waals surface area contributed by atoms with Gasteiger partial charge < -0.3 is 9.47 Å². The van der Waals surface area contributed by atoms with Gasteiger partial charge in [0.15, 0.2) is 11.5 Å². The highest BCUT2D eigenvalue weighted by Gasteiger charge is 2.18. The molecule has 0 spiro atoms. The first-order valence-corrected chi connectivity index (χ1v) is 7.12. The first kappa shape index (κ1) is 15.1. The van der Waals surface area contributed by atoms with Gasteiger partial charge in [0, 0.05) is 10.0 Å². The summed E-state index contributed by atoms with van der Waals surface area (Å²) in [7, 11) is 1.66. The second-order valence-corrected chi connectivity index (χ2v) is 5.10. The average molecular weight is 313 g/mol. The quantitative estimate of drug-likeness (QED) is 0.772. The van der Waals surface area contributed by atoms with Gasteiger partial charge in [-0.15, -0.1) is 0 Å². The number of methoxy groups -OCH3 is 1. The van der Waals surface area contributed by atoms with Gasteiger partial charge in [0.1, 0.15) is 6.61 Å². The van der Waals surface area contributed by atoms with Crippen molar-refractivity contribution in [1.82, 2.24) is 0 Å². The molecule has 0 radical (unpaired) electrons. The second kappa shape index (κ2) is 6.83. The van der Waals surface area contributed by atoms with Crippen LogP contribution in [0.3, 0.4) is 0 Å². The molecular weight excluding hydrogens is 292 g/mol. The standard InChI is InChI=1S/C13H15BrO2.C2H6/c1-8(2)10-4-9-5-11(14)6-12(15-3)13(9)16-7-10;1-2/h4-6,8H,7H2,1-3H3;1-2H3. The predicted molar refractivity (Wildman–Crippen MR) is 80.4 cm³/mol. The SMILES string of the molecule is CC.COc1cc(Br)cc2c1OCC(C(C)C)=C2. The van der Waals surface area contributed by atoms with Crippen molar-refractivity contribution >= 4 is 22.0 Å². The summed E-state index contributed by atoms with van der Waals surface area (Å²) in [6.07, 6.45) is 2.19. The Kier molecular flexibility index (Phi) is 5.73. The van der Waals surface area contributed by atoms with E-state index in [2.05, 4.69) is 41.9 Å². The van der Waals surface area contributed by atoms with Gasteiger partial charge in [-0.05, 0) is 29.7 Å². The maximum Gasteiger partial charge on any atom is 0.168 e. The molecular formula is C15H21BrO2. The molecule has 0 aromatic heterocycles. The van der Waals surface area contributed by atoms with Crippen molar-refractivity contribution in [2.45, 2.75) is 27.7 Å². The first-order chi connectivity index (χ1) is 8.61. The van der Waals surface area contributed by atoms with Crippen LogP contribution in [0.2, 0.25) is 0 Å². The summed E-state index contributed by atoms with van der Waals surface area (Å²) in [6, 6.07) is 3.98. The van der Waals surface area contributed by atoms with E-state index in [-0.39, 0.29) is 0 Å². The third-order valence-corrected chi connectivity index (χ3v) is 3.19. The van der Waals surface area contributed by atoms with Crippen LogP contribution in [0.5, 0.6) is 11.5 Å². The Morgan fingerprint density at radius 2 is 1.94 bits per heavy atom. The molecule has 0 saturated carbocycles. The van der Waals surface area contributed by atoms with Crippen LogP contribution in [0.25, 0.3) is 6.08 Å². The number of halogens is 1. The summed E-state index contributed by atoms with van der Waals surface area (Å²) in [4.78, 5) is 0. The van der Waals surface area contributed by atoms with E-state index in [9.17, 15) is 0 Å². The fourth-order valence-corrected chi connectivity index (χ4v) is 2.19. The van der Waals surface area contributed by atoms with E-state index in [0.717, 1.165) is 21.5 Å². The summed E-state index contributed by atoms with van der Waals surface area (Å²) in [5, 5.41) is 0. The fraction of sp³-hybridized carbons (Fsp3) is 0.467. The minimum atomic E-state index is 0.512. The smallest absolute Gasteiger partial charge is 0.168 e. The van der Waals surface area contributed by atoms with Gasteiger partial charge in [-0.1, -0.05) is 43.6 Å². The van der Waals surface area contributed by atoms with E-state index in [1.165, 1.54) is 5.57 Å². The predicted octanol–water partition coefficient (Wildman–Crippen LogP) is 4.92. The molecule has 0 N–H and O–H groups in total. The molecule has 1 heterocycles. The van der Waals surface area contributed by atoms with E-state index >= 15 is 0 Å². The first-order valence-electron chi connectivity index (χ1n) is 6.32. The summed E-state index contributed by atoms with van der Waals surface area (Å²) in [5.74, 6) is 2.14. The maximum atomic E-state index is 5.76. The van der Waals surface area contributed by atoms with Crippen molar-refractivity contribution in [2.24, 2.45) is 5.92 Å². The normalized spacial score (nSPS) is 12.9. The lowest BCUT2D eigenvalue weighted by molar-refractivity contribution is 0.307. The van der Waals surface area contributed by atoms with Crippen LogP contribution >= 0.6 is 15.9 Å². The lowest BCUT2D eigenvalue weighted by Gasteiger charge is -2.22. The van der Waals surface area contributed by atoms with Gasteiger partial charge in [-0.25, -0.2) is 0 Å². The summed E-state index contributed by atoms with van der Waals surface area (Å²) in [6.45, 7) is 9.01. The second-order valence-electron chi connectivity index (χ2n) is 4.19. The number of benzene rings is 1.